The number of hydrogen-bond donors (Lipinski definition) is 1. The number of hydrogen-bond acceptors (Lipinski definition) is 4. The van der Waals surface area contributed by atoms with E-state index in [1.807, 2.05) is 34.9 Å². The van der Waals surface area contributed by atoms with Crippen LogP contribution in [0, 0.1) is 5.82 Å². The summed E-state index contributed by atoms with van der Waals surface area (Å²) in [5.41, 5.74) is 9.06. The summed E-state index contributed by atoms with van der Waals surface area (Å²) in [7, 11) is 0. The number of aromatic nitrogens is 4. The van der Waals surface area contributed by atoms with Gasteiger partial charge in [0.15, 0.2) is 17.0 Å². The highest BCUT2D eigenvalue weighted by Gasteiger charge is 2.16. The average molecular weight is 319 g/mol. The zero-order valence-corrected chi connectivity index (χ0v) is 12.7. The predicted octanol–water partition coefficient (Wildman–Crippen LogP) is 3.26. The van der Waals surface area contributed by atoms with E-state index in [2.05, 4.69) is 15.0 Å². The molecule has 4 rings (SSSR count). The number of nitrogens with two attached hydrogens (primary N) is 1. The molecule has 24 heavy (non-hydrogen) atoms. The first kappa shape index (κ1) is 14.3. The fourth-order valence-corrected chi connectivity index (χ4v) is 2.69. The van der Waals surface area contributed by atoms with Crippen molar-refractivity contribution in [3.63, 3.8) is 0 Å². The van der Waals surface area contributed by atoms with Crippen LogP contribution < -0.4 is 5.73 Å². The molecule has 118 valence electrons. The molecular weight excluding hydrogens is 305 g/mol. The molecule has 0 saturated carbocycles. The molecule has 0 radical (unpaired) electrons. The van der Waals surface area contributed by atoms with Crippen LogP contribution in [-0.2, 0) is 6.54 Å². The summed E-state index contributed by atoms with van der Waals surface area (Å²) in [6, 6.07) is 16.2. The molecule has 0 unspecified atom stereocenters. The van der Waals surface area contributed by atoms with Crippen molar-refractivity contribution in [1.29, 1.82) is 0 Å². The lowest BCUT2D eigenvalue weighted by Crippen LogP contribution is -2.03. The average Bonchev–Trinajstić information content (AvgIpc) is 2.97. The van der Waals surface area contributed by atoms with Crippen molar-refractivity contribution in [3.8, 4) is 11.4 Å². The Kier molecular flexibility index (Phi) is 3.42. The van der Waals surface area contributed by atoms with Crippen LogP contribution in [0.5, 0.6) is 0 Å². The number of nitrogen functional groups attached to an aromatic ring is 1. The SMILES string of the molecule is Nc1ncnc2c1nc(-c1ccc(F)cc1)n2Cc1ccccc1. The molecule has 0 atom stereocenters. The minimum Gasteiger partial charge on any atom is -0.382 e. The van der Waals surface area contributed by atoms with Crippen molar-refractivity contribution in [2.24, 2.45) is 0 Å². The van der Waals surface area contributed by atoms with Gasteiger partial charge in [-0.3, -0.25) is 0 Å². The van der Waals surface area contributed by atoms with Crippen molar-refractivity contribution in [2.45, 2.75) is 6.54 Å². The summed E-state index contributed by atoms with van der Waals surface area (Å²) in [6.07, 6.45) is 1.43. The van der Waals surface area contributed by atoms with E-state index in [1.54, 1.807) is 12.1 Å². The van der Waals surface area contributed by atoms with Crippen molar-refractivity contribution in [1.82, 2.24) is 19.5 Å². The molecule has 0 fully saturated rings. The third kappa shape index (κ3) is 2.48. The zero-order valence-electron chi connectivity index (χ0n) is 12.7. The lowest BCUT2D eigenvalue weighted by atomic mass is 10.2. The molecule has 2 N–H and O–H groups in total. The Morgan fingerprint density at radius 2 is 1.71 bits per heavy atom. The third-order valence-electron chi connectivity index (χ3n) is 3.85. The maximum Gasteiger partial charge on any atom is 0.166 e. The number of fused-ring (bicyclic) bond motifs is 1. The number of rotatable bonds is 3. The minimum absolute atomic E-state index is 0.288. The van der Waals surface area contributed by atoms with Crippen molar-refractivity contribution in [3.05, 3.63) is 72.3 Å². The lowest BCUT2D eigenvalue weighted by Gasteiger charge is -2.09. The minimum atomic E-state index is -0.288. The summed E-state index contributed by atoms with van der Waals surface area (Å²) in [5, 5.41) is 0. The van der Waals surface area contributed by atoms with Gasteiger partial charge in [0.25, 0.3) is 0 Å². The molecule has 0 aliphatic rings. The first-order chi connectivity index (χ1) is 11.7. The molecule has 0 bridgehead atoms. The molecule has 2 heterocycles. The lowest BCUT2D eigenvalue weighted by molar-refractivity contribution is 0.628. The Balaban J connectivity index is 1.93. The van der Waals surface area contributed by atoms with E-state index in [-0.39, 0.29) is 5.82 Å². The van der Waals surface area contributed by atoms with Gasteiger partial charge in [-0.15, -0.1) is 0 Å². The van der Waals surface area contributed by atoms with Gasteiger partial charge in [0, 0.05) is 5.56 Å². The van der Waals surface area contributed by atoms with E-state index in [0.717, 1.165) is 11.1 Å². The maximum atomic E-state index is 13.2. The fourth-order valence-electron chi connectivity index (χ4n) is 2.69. The van der Waals surface area contributed by atoms with Crippen LogP contribution in [0.25, 0.3) is 22.6 Å². The van der Waals surface area contributed by atoms with Gasteiger partial charge >= 0.3 is 0 Å². The molecule has 0 amide bonds. The standard InChI is InChI=1S/C18H14FN5/c19-14-8-6-13(7-9-14)17-23-15-16(20)21-11-22-18(15)24(17)10-12-4-2-1-3-5-12/h1-9,11H,10H2,(H2,20,21,22). The Bertz CT molecular complexity index is 993. The van der Waals surface area contributed by atoms with E-state index >= 15 is 0 Å². The highest BCUT2D eigenvalue weighted by molar-refractivity contribution is 5.85. The zero-order chi connectivity index (χ0) is 16.5. The van der Waals surface area contributed by atoms with Crippen LogP contribution in [-0.4, -0.2) is 19.5 Å². The van der Waals surface area contributed by atoms with E-state index in [9.17, 15) is 4.39 Å². The number of halogens is 1. The highest BCUT2D eigenvalue weighted by Crippen LogP contribution is 2.26. The topological polar surface area (TPSA) is 69.6 Å². The Labute approximate surface area is 137 Å². The normalized spacial score (nSPS) is 11.0. The van der Waals surface area contributed by atoms with Gasteiger partial charge < -0.3 is 10.3 Å². The fraction of sp³-hybridized carbons (Fsp3) is 0.0556. The first-order valence-corrected chi connectivity index (χ1v) is 7.49. The maximum absolute atomic E-state index is 13.2. The molecular formula is C18H14FN5. The van der Waals surface area contributed by atoms with E-state index in [4.69, 9.17) is 5.73 Å². The molecule has 4 aromatic rings. The van der Waals surface area contributed by atoms with Gasteiger partial charge in [-0.05, 0) is 29.8 Å². The molecule has 2 aromatic carbocycles. The molecule has 5 nitrogen and oxygen atoms in total. The molecule has 0 aliphatic carbocycles. The Morgan fingerprint density at radius 3 is 2.46 bits per heavy atom. The summed E-state index contributed by atoms with van der Waals surface area (Å²) in [4.78, 5) is 12.9. The monoisotopic (exact) mass is 319 g/mol. The van der Waals surface area contributed by atoms with Crippen LogP contribution in [0.3, 0.4) is 0 Å². The van der Waals surface area contributed by atoms with Gasteiger partial charge in [0.05, 0.1) is 6.54 Å². The Hall–Kier alpha value is -3.28. The van der Waals surface area contributed by atoms with E-state index in [1.165, 1.54) is 18.5 Å². The van der Waals surface area contributed by atoms with E-state index in [0.29, 0.717) is 29.4 Å². The summed E-state index contributed by atoms with van der Waals surface area (Å²) in [5.74, 6) is 0.722. The highest BCUT2D eigenvalue weighted by atomic mass is 19.1. The number of nitrogens with zero attached hydrogens (tertiary/aromatic N) is 4. The predicted molar refractivity (Wildman–Crippen MR) is 90.7 cm³/mol. The van der Waals surface area contributed by atoms with Crippen LogP contribution >= 0.6 is 0 Å². The second kappa shape index (κ2) is 5.73. The van der Waals surface area contributed by atoms with Gasteiger partial charge in [-0.2, -0.15) is 0 Å². The van der Waals surface area contributed by atoms with Crippen LogP contribution in [0.1, 0.15) is 5.56 Å². The second-order valence-electron chi connectivity index (χ2n) is 5.45. The van der Waals surface area contributed by atoms with Gasteiger partial charge in [0.2, 0.25) is 0 Å². The third-order valence-corrected chi connectivity index (χ3v) is 3.85. The molecule has 0 saturated heterocycles. The van der Waals surface area contributed by atoms with Crippen molar-refractivity contribution in [2.75, 3.05) is 5.73 Å². The van der Waals surface area contributed by atoms with E-state index < -0.39 is 0 Å². The van der Waals surface area contributed by atoms with Crippen LogP contribution in [0.15, 0.2) is 60.9 Å². The molecule has 6 heteroatoms. The molecule has 0 aliphatic heterocycles. The number of benzene rings is 2. The number of anilines is 1. The summed E-state index contributed by atoms with van der Waals surface area (Å²) >= 11 is 0. The Morgan fingerprint density at radius 1 is 0.958 bits per heavy atom. The first-order valence-electron chi connectivity index (χ1n) is 7.49. The van der Waals surface area contributed by atoms with Gasteiger partial charge in [-0.1, -0.05) is 30.3 Å². The largest absolute Gasteiger partial charge is 0.382 e. The molecule has 0 spiro atoms. The number of imidazole rings is 1. The smallest absolute Gasteiger partial charge is 0.166 e. The molecule has 2 aromatic heterocycles. The van der Waals surface area contributed by atoms with Crippen LogP contribution in [0.2, 0.25) is 0 Å². The van der Waals surface area contributed by atoms with Gasteiger partial charge in [0.1, 0.15) is 18.0 Å². The summed E-state index contributed by atoms with van der Waals surface area (Å²) < 4.78 is 15.2. The second-order valence-corrected chi connectivity index (χ2v) is 5.45. The van der Waals surface area contributed by atoms with Crippen molar-refractivity contribution < 1.29 is 4.39 Å². The quantitative estimate of drug-likeness (QED) is 0.629. The summed E-state index contributed by atoms with van der Waals surface area (Å²) in [6.45, 7) is 0.584. The van der Waals surface area contributed by atoms with Gasteiger partial charge in [-0.25, -0.2) is 19.3 Å². The van der Waals surface area contributed by atoms with Crippen molar-refractivity contribution >= 4 is 17.0 Å². The van der Waals surface area contributed by atoms with Crippen LogP contribution in [0.4, 0.5) is 10.2 Å².